The summed E-state index contributed by atoms with van der Waals surface area (Å²) >= 11 is 0. The van der Waals surface area contributed by atoms with E-state index in [-0.39, 0.29) is 47.3 Å². The van der Waals surface area contributed by atoms with Gasteiger partial charge in [0.05, 0.1) is 36.5 Å². The Labute approximate surface area is 179 Å². The maximum absolute atomic E-state index is 13.0. The number of amides is 2. The predicted molar refractivity (Wildman–Crippen MR) is 112 cm³/mol. The Bertz CT molecular complexity index is 1070. The molecule has 0 bridgehead atoms. The van der Waals surface area contributed by atoms with E-state index in [9.17, 15) is 18.0 Å². The Morgan fingerprint density at radius 3 is 2.52 bits per heavy atom. The number of methoxy groups -OCH3 is 1. The van der Waals surface area contributed by atoms with Crippen molar-refractivity contribution in [3.63, 3.8) is 0 Å². The normalized spacial score (nSPS) is 14.6. The van der Waals surface area contributed by atoms with Crippen LogP contribution in [0.2, 0.25) is 0 Å². The first-order valence-corrected chi connectivity index (χ1v) is 10.8. The lowest BCUT2D eigenvalue weighted by Gasteiger charge is -2.26. The summed E-state index contributed by atoms with van der Waals surface area (Å²) in [5.41, 5.74) is 5.42. The SMILES string of the molecule is COc1ccc(S(=O)(=O)N2CCOCC2)cc1NC(=O)c1ccccc1OCC(N)=O. The van der Waals surface area contributed by atoms with Crippen LogP contribution in [-0.4, -0.2) is 64.6 Å². The molecule has 1 aliphatic rings. The summed E-state index contributed by atoms with van der Waals surface area (Å²) in [5.74, 6) is -0.808. The number of benzene rings is 2. The maximum atomic E-state index is 13.0. The van der Waals surface area contributed by atoms with Crippen LogP contribution in [0.25, 0.3) is 0 Å². The molecule has 1 aliphatic heterocycles. The number of rotatable bonds is 8. The molecule has 1 fully saturated rings. The number of morpholine rings is 1. The fourth-order valence-electron chi connectivity index (χ4n) is 3.00. The number of sulfonamides is 1. The first-order valence-electron chi connectivity index (χ1n) is 9.40. The highest BCUT2D eigenvalue weighted by Gasteiger charge is 2.27. The third kappa shape index (κ3) is 5.32. The number of hydrogen-bond acceptors (Lipinski definition) is 7. The van der Waals surface area contributed by atoms with Crippen LogP contribution in [0.15, 0.2) is 47.4 Å². The minimum atomic E-state index is -3.77. The number of carbonyl (C=O) groups is 2. The van der Waals surface area contributed by atoms with Gasteiger partial charge < -0.3 is 25.3 Å². The van der Waals surface area contributed by atoms with E-state index in [2.05, 4.69) is 5.32 Å². The van der Waals surface area contributed by atoms with Crippen LogP contribution in [0.4, 0.5) is 5.69 Å². The standard InChI is InChI=1S/C20H23N3O7S/c1-28-18-7-6-14(31(26,27)23-8-10-29-11-9-23)12-16(18)22-20(25)15-4-2-3-5-17(15)30-13-19(21)24/h2-7,12H,8-11,13H2,1H3,(H2,21,24)(H,22,25). The first kappa shape index (κ1) is 22.5. The quantitative estimate of drug-likeness (QED) is 0.609. The third-order valence-electron chi connectivity index (χ3n) is 4.53. The minimum absolute atomic E-state index is 0.0174. The van der Waals surface area contributed by atoms with Crippen molar-refractivity contribution in [3.05, 3.63) is 48.0 Å². The van der Waals surface area contributed by atoms with Gasteiger partial charge in [0.1, 0.15) is 11.5 Å². The number of hydrogen-bond donors (Lipinski definition) is 2. The second kappa shape index (κ2) is 9.77. The minimum Gasteiger partial charge on any atom is -0.495 e. The number of primary amides is 1. The van der Waals surface area contributed by atoms with Gasteiger partial charge in [-0.05, 0) is 30.3 Å². The molecule has 2 amide bonds. The van der Waals surface area contributed by atoms with Crippen molar-refractivity contribution < 1.29 is 32.2 Å². The van der Waals surface area contributed by atoms with E-state index in [4.69, 9.17) is 19.9 Å². The number of anilines is 1. The molecule has 31 heavy (non-hydrogen) atoms. The second-order valence-electron chi connectivity index (χ2n) is 6.58. The molecule has 2 aromatic rings. The van der Waals surface area contributed by atoms with E-state index in [0.29, 0.717) is 13.2 Å². The maximum Gasteiger partial charge on any atom is 0.259 e. The molecule has 3 rings (SSSR count). The van der Waals surface area contributed by atoms with Crippen LogP contribution in [0.1, 0.15) is 10.4 Å². The molecule has 0 radical (unpaired) electrons. The number of nitrogens with zero attached hydrogens (tertiary/aromatic N) is 1. The lowest BCUT2D eigenvalue weighted by Crippen LogP contribution is -2.40. The van der Waals surface area contributed by atoms with Crippen LogP contribution in [0, 0.1) is 0 Å². The molecule has 2 aromatic carbocycles. The van der Waals surface area contributed by atoms with Gasteiger partial charge in [0.2, 0.25) is 10.0 Å². The average Bonchev–Trinajstić information content (AvgIpc) is 2.78. The number of para-hydroxylation sites is 1. The van der Waals surface area contributed by atoms with Gasteiger partial charge in [0, 0.05) is 13.1 Å². The van der Waals surface area contributed by atoms with Gasteiger partial charge in [-0.15, -0.1) is 0 Å². The van der Waals surface area contributed by atoms with E-state index in [1.807, 2.05) is 0 Å². The molecule has 0 saturated carbocycles. The van der Waals surface area contributed by atoms with Crippen molar-refractivity contribution in [2.45, 2.75) is 4.90 Å². The molecule has 0 unspecified atom stereocenters. The highest BCUT2D eigenvalue weighted by Crippen LogP contribution is 2.30. The summed E-state index contributed by atoms with van der Waals surface area (Å²) in [5, 5.41) is 2.65. The van der Waals surface area contributed by atoms with Gasteiger partial charge in [-0.3, -0.25) is 9.59 Å². The van der Waals surface area contributed by atoms with E-state index in [0.717, 1.165) is 0 Å². The lowest BCUT2D eigenvalue weighted by molar-refractivity contribution is -0.119. The third-order valence-corrected chi connectivity index (χ3v) is 6.42. The van der Waals surface area contributed by atoms with Crippen LogP contribution in [-0.2, 0) is 19.6 Å². The Kier molecular flexibility index (Phi) is 7.10. The summed E-state index contributed by atoms with van der Waals surface area (Å²) in [4.78, 5) is 23.9. The molecule has 10 nitrogen and oxygen atoms in total. The van der Waals surface area contributed by atoms with Crippen LogP contribution >= 0.6 is 0 Å². The van der Waals surface area contributed by atoms with E-state index in [1.165, 1.54) is 41.7 Å². The van der Waals surface area contributed by atoms with Crippen molar-refractivity contribution >= 4 is 27.5 Å². The van der Waals surface area contributed by atoms with Gasteiger partial charge in [-0.2, -0.15) is 4.31 Å². The summed E-state index contributed by atoms with van der Waals surface area (Å²) < 4.78 is 43.0. The molecule has 0 aromatic heterocycles. The molecule has 1 saturated heterocycles. The van der Waals surface area contributed by atoms with Gasteiger partial charge in [-0.25, -0.2) is 8.42 Å². The Balaban J connectivity index is 1.88. The fourth-order valence-corrected chi connectivity index (χ4v) is 4.43. The molecule has 0 spiro atoms. The van der Waals surface area contributed by atoms with Crippen LogP contribution in [0.5, 0.6) is 11.5 Å². The number of nitrogens with two attached hydrogens (primary N) is 1. The van der Waals surface area contributed by atoms with Gasteiger partial charge in [0.25, 0.3) is 11.8 Å². The zero-order valence-corrected chi connectivity index (χ0v) is 17.7. The number of carbonyl (C=O) groups excluding carboxylic acids is 2. The average molecular weight is 449 g/mol. The Morgan fingerprint density at radius 2 is 1.84 bits per heavy atom. The van der Waals surface area contributed by atoms with Gasteiger partial charge in [-0.1, -0.05) is 12.1 Å². The highest BCUT2D eigenvalue weighted by atomic mass is 32.2. The summed E-state index contributed by atoms with van der Waals surface area (Å²) in [6.45, 7) is 0.754. The van der Waals surface area contributed by atoms with Crippen LogP contribution in [0.3, 0.4) is 0 Å². The summed E-state index contributed by atoms with van der Waals surface area (Å²) in [6, 6.07) is 10.5. The molecular formula is C20H23N3O7S. The van der Waals surface area contributed by atoms with Crippen molar-refractivity contribution in [1.82, 2.24) is 4.31 Å². The molecule has 0 aliphatic carbocycles. The largest absolute Gasteiger partial charge is 0.495 e. The van der Waals surface area contributed by atoms with Crippen molar-refractivity contribution in [1.29, 1.82) is 0 Å². The molecule has 166 valence electrons. The summed E-state index contributed by atoms with van der Waals surface area (Å²) in [6.07, 6.45) is 0. The Morgan fingerprint density at radius 1 is 1.13 bits per heavy atom. The Hall–Kier alpha value is -3.15. The number of nitrogens with one attached hydrogen (secondary N) is 1. The molecule has 0 atom stereocenters. The van der Waals surface area contributed by atoms with Crippen molar-refractivity contribution in [2.24, 2.45) is 5.73 Å². The first-order chi connectivity index (χ1) is 14.8. The fraction of sp³-hybridized carbons (Fsp3) is 0.300. The van der Waals surface area contributed by atoms with Crippen LogP contribution < -0.4 is 20.5 Å². The monoisotopic (exact) mass is 449 g/mol. The number of ether oxygens (including phenoxy) is 3. The zero-order valence-electron chi connectivity index (χ0n) is 16.9. The molecule has 3 N–H and O–H groups in total. The summed E-state index contributed by atoms with van der Waals surface area (Å²) in [7, 11) is -2.36. The highest BCUT2D eigenvalue weighted by molar-refractivity contribution is 7.89. The van der Waals surface area contributed by atoms with Crippen molar-refractivity contribution in [2.75, 3.05) is 45.3 Å². The van der Waals surface area contributed by atoms with E-state index >= 15 is 0 Å². The van der Waals surface area contributed by atoms with Crippen molar-refractivity contribution in [3.8, 4) is 11.5 Å². The van der Waals surface area contributed by atoms with Gasteiger partial charge in [0.15, 0.2) is 6.61 Å². The van der Waals surface area contributed by atoms with Gasteiger partial charge >= 0.3 is 0 Å². The van der Waals surface area contributed by atoms with E-state index in [1.54, 1.807) is 12.1 Å². The second-order valence-corrected chi connectivity index (χ2v) is 8.52. The zero-order chi connectivity index (χ0) is 22.4. The topological polar surface area (TPSA) is 137 Å². The predicted octanol–water partition coefficient (Wildman–Crippen LogP) is 0.833. The van der Waals surface area contributed by atoms with E-state index < -0.39 is 21.8 Å². The molecule has 11 heteroatoms. The lowest BCUT2D eigenvalue weighted by atomic mass is 10.1. The smallest absolute Gasteiger partial charge is 0.259 e. The molecule has 1 heterocycles. The molecular weight excluding hydrogens is 426 g/mol.